The molecule has 2 amide bonds. The molecule has 178 valence electrons. The summed E-state index contributed by atoms with van der Waals surface area (Å²) >= 11 is 6.03. The third-order valence-corrected chi connectivity index (χ3v) is 8.63. The van der Waals surface area contributed by atoms with E-state index in [1.807, 2.05) is 0 Å². The molecule has 0 aromatic heterocycles. The minimum Gasteiger partial charge on any atom is -0.351 e. The number of rotatable bonds is 6. The number of carbonyl (C=O) groups excluding carboxylic acids is 2. The Labute approximate surface area is 196 Å². The van der Waals surface area contributed by atoms with Crippen LogP contribution in [-0.4, -0.2) is 55.0 Å². The molecule has 0 unspecified atom stereocenters. The van der Waals surface area contributed by atoms with E-state index in [2.05, 4.69) is 5.32 Å². The molecule has 0 spiro atoms. The van der Waals surface area contributed by atoms with Crippen molar-refractivity contribution in [3.8, 4) is 0 Å². The maximum absolute atomic E-state index is 13.7. The Morgan fingerprint density at radius 1 is 1.12 bits per heavy atom. The van der Waals surface area contributed by atoms with Crippen molar-refractivity contribution in [2.75, 3.05) is 23.7 Å². The Hall–Kier alpha value is -1.64. The number of anilines is 1. The van der Waals surface area contributed by atoms with E-state index in [1.54, 1.807) is 38.1 Å². The van der Waals surface area contributed by atoms with Gasteiger partial charge < -0.3 is 5.32 Å². The Balaban J connectivity index is 1.93. The highest BCUT2D eigenvalue weighted by molar-refractivity contribution is 7.89. The van der Waals surface area contributed by atoms with E-state index >= 15 is 0 Å². The van der Waals surface area contributed by atoms with E-state index in [0.29, 0.717) is 17.1 Å². The van der Waals surface area contributed by atoms with Gasteiger partial charge in [0.05, 0.1) is 12.3 Å². The number of amides is 2. The van der Waals surface area contributed by atoms with Crippen molar-refractivity contribution in [1.29, 1.82) is 0 Å². The summed E-state index contributed by atoms with van der Waals surface area (Å²) in [6, 6.07) is 6.74. The van der Waals surface area contributed by atoms with Crippen LogP contribution in [0.2, 0.25) is 5.02 Å². The summed E-state index contributed by atoms with van der Waals surface area (Å²) in [7, 11) is -3.64. The van der Waals surface area contributed by atoms with E-state index < -0.39 is 21.5 Å². The van der Waals surface area contributed by atoms with Crippen LogP contribution in [0.4, 0.5) is 5.69 Å². The SMILES string of the molecule is CCCS(=O)(=O)N1CC(=O)N(c2ccc(Cl)cc2)[C@@](C)(C(=O)NC2CCCCCCC2)C1. The first kappa shape index (κ1) is 25.0. The van der Waals surface area contributed by atoms with Crippen molar-refractivity contribution < 1.29 is 18.0 Å². The number of benzene rings is 1. The van der Waals surface area contributed by atoms with Crippen molar-refractivity contribution in [3.05, 3.63) is 29.3 Å². The molecular formula is C23H34ClN3O4S. The summed E-state index contributed by atoms with van der Waals surface area (Å²) < 4.78 is 26.8. The van der Waals surface area contributed by atoms with Gasteiger partial charge in [0.25, 0.3) is 0 Å². The van der Waals surface area contributed by atoms with Crippen molar-refractivity contribution >= 4 is 39.1 Å². The van der Waals surface area contributed by atoms with Gasteiger partial charge in [-0.15, -0.1) is 0 Å². The molecule has 1 aliphatic carbocycles. The van der Waals surface area contributed by atoms with E-state index in [0.717, 1.165) is 38.5 Å². The Morgan fingerprint density at radius 3 is 2.31 bits per heavy atom. The van der Waals surface area contributed by atoms with E-state index in [4.69, 9.17) is 11.6 Å². The average molecular weight is 484 g/mol. The zero-order chi connectivity index (χ0) is 23.4. The molecule has 1 aromatic rings. The predicted octanol–water partition coefficient (Wildman–Crippen LogP) is 3.72. The molecule has 3 rings (SSSR count). The quantitative estimate of drug-likeness (QED) is 0.668. The fourth-order valence-corrected chi connectivity index (χ4v) is 6.34. The number of carbonyl (C=O) groups is 2. The molecule has 2 aliphatic rings. The highest BCUT2D eigenvalue weighted by Crippen LogP contribution is 2.32. The molecule has 1 saturated heterocycles. The minimum atomic E-state index is -3.64. The van der Waals surface area contributed by atoms with Gasteiger partial charge in [0, 0.05) is 23.3 Å². The van der Waals surface area contributed by atoms with Crippen LogP contribution in [0.1, 0.15) is 65.2 Å². The molecule has 0 bridgehead atoms. The third kappa shape index (κ3) is 5.64. The van der Waals surface area contributed by atoms with E-state index in [9.17, 15) is 18.0 Å². The van der Waals surface area contributed by atoms with Gasteiger partial charge in [0.2, 0.25) is 21.8 Å². The molecular weight excluding hydrogens is 450 g/mol. The summed E-state index contributed by atoms with van der Waals surface area (Å²) in [5, 5.41) is 3.67. The maximum atomic E-state index is 13.7. The Bertz CT molecular complexity index is 914. The lowest BCUT2D eigenvalue weighted by atomic mass is 9.92. The van der Waals surface area contributed by atoms with Gasteiger partial charge in [-0.1, -0.05) is 50.6 Å². The molecule has 32 heavy (non-hydrogen) atoms. The molecule has 1 N–H and O–H groups in total. The van der Waals surface area contributed by atoms with Crippen molar-refractivity contribution in [2.24, 2.45) is 0 Å². The largest absolute Gasteiger partial charge is 0.351 e. The van der Waals surface area contributed by atoms with Crippen molar-refractivity contribution in [3.63, 3.8) is 0 Å². The standard InChI is InChI=1S/C23H34ClN3O4S/c1-3-15-32(30,31)26-16-21(28)27(20-13-11-18(24)12-14-20)23(2,17-26)22(29)25-19-9-7-5-4-6-8-10-19/h11-14,19H,3-10,15-17H2,1-2H3,(H,25,29)/t23-/m1/s1. The second-order valence-corrected chi connectivity index (χ2v) is 11.6. The molecule has 9 heteroatoms. The van der Waals surface area contributed by atoms with Crippen LogP contribution in [0.25, 0.3) is 0 Å². The summed E-state index contributed by atoms with van der Waals surface area (Å²) in [5.41, 5.74) is -0.839. The minimum absolute atomic E-state index is 0.0319. The Morgan fingerprint density at radius 2 is 1.72 bits per heavy atom. The number of hydrogen-bond acceptors (Lipinski definition) is 4. The van der Waals surface area contributed by atoms with Crippen LogP contribution in [0.15, 0.2) is 24.3 Å². The van der Waals surface area contributed by atoms with Crippen LogP contribution in [0.3, 0.4) is 0 Å². The first-order valence-electron chi connectivity index (χ1n) is 11.5. The first-order valence-corrected chi connectivity index (χ1v) is 13.5. The van der Waals surface area contributed by atoms with Crippen molar-refractivity contribution in [1.82, 2.24) is 9.62 Å². The fraction of sp³-hybridized carbons (Fsp3) is 0.652. The first-order chi connectivity index (χ1) is 15.2. The number of nitrogens with zero attached hydrogens (tertiary/aromatic N) is 2. The Kier molecular flexibility index (Phi) is 8.22. The van der Waals surface area contributed by atoms with Gasteiger partial charge in [0.1, 0.15) is 5.54 Å². The summed E-state index contributed by atoms with van der Waals surface area (Å²) in [4.78, 5) is 28.4. The number of piperazine rings is 1. The highest BCUT2D eigenvalue weighted by Gasteiger charge is 2.51. The van der Waals surface area contributed by atoms with Crippen LogP contribution in [-0.2, 0) is 19.6 Å². The normalized spacial score (nSPS) is 24.1. The molecule has 0 radical (unpaired) electrons. The summed E-state index contributed by atoms with van der Waals surface area (Å²) in [6.07, 6.45) is 7.88. The average Bonchev–Trinajstić information content (AvgIpc) is 2.70. The summed E-state index contributed by atoms with van der Waals surface area (Å²) in [5.74, 6) is -0.794. The molecule has 1 heterocycles. The molecule has 1 atom stereocenters. The fourth-order valence-electron chi connectivity index (χ4n) is 4.68. The predicted molar refractivity (Wildman–Crippen MR) is 127 cm³/mol. The molecule has 7 nitrogen and oxygen atoms in total. The lowest BCUT2D eigenvalue weighted by molar-refractivity contribution is -0.133. The van der Waals surface area contributed by atoms with Gasteiger partial charge in [-0.3, -0.25) is 14.5 Å². The second-order valence-electron chi connectivity index (χ2n) is 9.08. The third-order valence-electron chi connectivity index (χ3n) is 6.41. The number of halogens is 1. The van der Waals surface area contributed by atoms with Gasteiger partial charge >= 0.3 is 0 Å². The van der Waals surface area contributed by atoms with Crippen LogP contribution in [0, 0.1) is 0 Å². The van der Waals surface area contributed by atoms with Crippen LogP contribution in [0.5, 0.6) is 0 Å². The van der Waals surface area contributed by atoms with Gasteiger partial charge in [-0.2, -0.15) is 4.31 Å². The number of nitrogens with one attached hydrogen (secondary N) is 1. The molecule has 2 fully saturated rings. The monoisotopic (exact) mass is 483 g/mol. The van der Waals surface area contributed by atoms with Crippen LogP contribution >= 0.6 is 11.6 Å². The van der Waals surface area contributed by atoms with Gasteiger partial charge in [-0.05, 0) is 50.5 Å². The lowest BCUT2D eigenvalue weighted by Gasteiger charge is -2.47. The number of sulfonamides is 1. The smallest absolute Gasteiger partial charge is 0.247 e. The van der Waals surface area contributed by atoms with Crippen LogP contribution < -0.4 is 10.2 Å². The van der Waals surface area contributed by atoms with Gasteiger partial charge in [0.15, 0.2) is 0 Å². The maximum Gasteiger partial charge on any atom is 0.247 e. The topological polar surface area (TPSA) is 86.8 Å². The molecule has 1 aromatic carbocycles. The zero-order valence-electron chi connectivity index (χ0n) is 19.0. The lowest BCUT2D eigenvalue weighted by Crippen LogP contribution is -2.71. The zero-order valence-corrected chi connectivity index (χ0v) is 20.6. The summed E-state index contributed by atoms with van der Waals surface area (Å²) in [6.45, 7) is 3.08. The number of hydrogen-bond donors (Lipinski definition) is 1. The van der Waals surface area contributed by atoms with E-state index in [1.165, 1.54) is 15.6 Å². The molecule has 1 aliphatic heterocycles. The molecule has 1 saturated carbocycles. The van der Waals surface area contributed by atoms with E-state index in [-0.39, 0.29) is 30.8 Å². The van der Waals surface area contributed by atoms with Gasteiger partial charge in [-0.25, -0.2) is 8.42 Å². The highest BCUT2D eigenvalue weighted by atomic mass is 35.5. The second kappa shape index (κ2) is 10.5. The van der Waals surface area contributed by atoms with Crippen molar-refractivity contribution in [2.45, 2.75) is 76.8 Å².